The van der Waals surface area contributed by atoms with E-state index in [0.717, 1.165) is 34.4 Å². The van der Waals surface area contributed by atoms with Crippen LogP contribution in [0.25, 0.3) is 33.6 Å². The third-order valence-corrected chi connectivity index (χ3v) is 6.91. The molecule has 7 nitrogen and oxygen atoms in total. The molecule has 0 spiro atoms. The summed E-state index contributed by atoms with van der Waals surface area (Å²) in [5, 5.41) is 4.44. The van der Waals surface area contributed by atoms with E-state index in [4.69, 9.17) is 9.15 Å². The molecule has 0 saturated carbocycles. The average molecular weight is 499 g/mol. The van der Waals surface area contributed by atoms with Gasteiger partial charge < -0.3 is 19.4 Å². The monoisotopic (exact) mass is 498 g/mol. The van der Waals surface area contributed by atoms with Gasteiger partial charge in [-0.15, -0.1) is 0 Å². The number of aromatic nitrogens is 2. The molecular formula is C30H34N4O3. The Labute approximate surface area is 217 Å². The largest absolute Gasteiger partial charge is 0.437 e. The summed E-state index contributed by atoms with van der Waals surface area (Å²) in [7, 11) is 0. The molecule has 1 aliphatic heterocycles. The zero-order chi connectivity index (χ0) is 25.6. The zero-order valence-corrected chi connectivity index (χ0v) is 21.6. The van der Waals surface area contributed by atoms with Crippen molar-refractivity contribution in [3.05, 3.63) is 66.5 Å². The fourth-order valence-electron chi connectivity index (χ4n) is 4.79. The normalized spacial score (nSPS) is 14.6. The van der Waals surface area contributed by atoms with Crippen LogP contribution in [0.4, 0.5) is 5.82 Å². The summed E-state index contributed by atoms with van der Waals surface area (Å²) in [6.45, 7) is 7.72. The number of furan rings is 1. The van der Waals surface area contributed by atoms with E-state index in [1.807, 2.05) is 47.4 Å². The fourth-order valence-corrected chi connectivity index (χ4v) is 4.79. The van der Waals surface area contributed by atoms with E-state index in [2.05, 4.69) is 41.3 Å². The van der Waals surface area contributed by atoms with Crippen LogP contribution in [0.2, 0.25) is 0 Å². The van der Waals surface area contributed by atoms with Gasteiger partial charge in [-0.1, -0.05) is 69.2 Å². The van der Waals surface area contributed by atoms with Crippen molar-refractivity contribution >= 4 is 22.8 Å². The van der Waals surface area contributed by atoms with E-state index in [9.17, 15) is 4.79 Å². The number of carbonyl (C=O) groups excluding carboxylic acids is 1. The molecular weight excluding hydrogens is 464 g/mol. The van der Waals surface area contributed by atoms with Crippen LogP contribution < -0.4 is 5.32 Å². The van der Waals surface area contributed by atoms with E-state index < -0.39 is 0 Å². The second-order valence-electron chi connectivity index (χ2n) is 9.68. The first-order valence-electron chi connectivity index (χ1n) is 13.2. The van der Waals surface area contributed by atoms with Gasteiger partial charge in [-0.05, 0) is 30.0 Å². The van der Waals surface area contributed by atoms with Crippen molar-refractivity contribution in [2.75, 3.05) is 38.2 Å². The van der Waals surface area contributed by atoms with E-state index in [1.165, 1.54) is 19.3 Å². The van der Waals surface area contributed by atoms with E-state index >= 15 is 0 Å². The standard InChI is InChI=1S/C30H34N4O3/c1-3-4-8-21(2)19-31-28-26-25(22-9-6-5-7-10-22)27(37-29(26)33-20-32-28)23-11-13-24(14-12-23)30(35)34-15-17-36-18-16-34/h5-7,9-14,20-21H,3-4,8,15-19H2,1-2H3,(H,31,32,33)/t21-/m0/s1. The molecule has 1 N–H and O–H groups in total. The van der Waals surface area contributed by atoms with Gasteiger partial charge in [-0.2, -0.15) is 0 Å². The lowest BCUT2D eigenvalue weighted by atomic mass is 9.98. The van der Waals surface area contributed by atoms with Crippen molar-refractivity contribution in [3.63, 3.8) is 0 Å². The molecule has 1 aliphatic rings. The van der Waals surface area contributed by atoms with Crippen LogP contribution in [-0.2, 0) is 4.74 Å². The van der Waals surface area contributed by atoms with Crippen LogP contribution in [0, 0.1) is 5.92 Å². The van der Waals surface area contributed by atoms with Crippen LogP contribution in [0.5, 0.6) is 0 Å². The lowest BCUT2D eigenvalue weighted by Crippen LogP contribution is -2.40. The Hall–Kier alpha value is -3.71. The first-order valence-corrected chi connectivity index (χ1v) is 13.2. The molecule has 1 amide bonds. The number of ether oxygens (including phenoxy) is 1. The second-order valence-corrected chi connectivity index (χ2v) is 9.68. The average Bonchev–Trinajstić information content (AvgIpc) is 3.36. The summed E-state index contributed by atoms with van der Waals surface area (Å²) in [4.78, 5) is 23.8. The number of unbranched alkanes of at least 4 members (excludes halogenated alkanes) is 1. The van der Waals surface area contributed by atoms with Crippen LogP contribution in [0.15, 0.2) is 65.3 Å². The third kappa shape index (κ3) is 5.52. The Morgan fingerprint density at radius 1 is 1.03 bits per heavy atom. The van der Waals surface area contributed by atoms with Crippen molar-refractivity contribution < 1.29 is 13.9 Å². The Balaban J connectivity index is 1.51. The highest BCUT2D eigenvalue weighted by atomic mass is 16.5. The number of benzene rings is 2. The summed E-state index contributed by atoms with van der Waals surface area (Å²) in [6, 6.07) is 17.8. The predicted octanol–water partition coefficient (Wildman–Crippen LogP) is 6.27. The summed E-state index contributed by atoms with van der Waals surface area (Å²) in [5.74, 6) is 2.06. The molecule has 37 heavy (non-hydrogen) atoms. The number of nitrogens with one attached hydrogen (secondary N) is 1. The summed E-state index contributed by atoms with van der Waals surface area (Å²) in [6.07, 6.45) is 5.14. The molecule has 0 radical (unpaired) electrons. The molecule has 3 heterocycles. The van der Waals surface area contributed by atoms with Gasteiger partial charge in [0.25, 0.3) is 5.91 Å². The number of hydrogen-bond donors (Lipinski definition) is 1. The maximum absolute atomic E-state index is 12.9. The fraction of sp³-hybridized carbons (Fsp3) is 0.367. The van der Waals surface area contributed by atoms with Gasteiger partial charge in [0.15, 0.2) is 0 Å². The number of nitrogens with zero attached hydrogens (tertiary/aromatic N) is 3. The number of hydrogen-bond acceptors (Lipinski definition) is 6. The molecule has 0 bridgehead atoms. The van der Waals surface area contributed by atoms with E-state index in [0.29, 0.717) is 49.3 Å². The van der Waals surface area contributed by atoms with Crippen molar-refractivity contribution in [2.45, 2.75) is 33.1 Å². The summed E-state index contributed by atoms with van der Waals surface area (Å²) >= 11 is 0. The summed E-state index contributed by atoms with van der Waals surface area (Å²) < 4.78 is 11.7. The lowest BCUT2D eigenvalue weighted by Gasteiger charge is -2.26. The second kappa shape index (κ2) is 11.6. The Morgan fingerprint density at radius 3 is 2.51 bits per heavy atom. The smallest absolute Gasteiger partial charge is 0.254 e. The SMILES string of the molecule is CCCC[C@H](C)CNc1ncnc2oc(-c3ccc(C(=O)N4CCOCC4)cc3)c(-c3ccccc3)c12. The minimum absolute atomic E-state index is 0.0253. The first-order chi connectivity index (χ1) is 18.2. The molecule has 0 aliphatic carbocycles. The number of carbonyl (C=O) groups is 1. The minimum atomic E-state index is 0.0253. The Kier molecular flexibility index (Phi) is 7.80. The van der Waals surface area contributed by atoms with Gasteiger partial charge in [0.05, 0.1) is 18.6 Å². The Morgan fingerprint density at radius 2 is 1.78 bits per heavy atom. The molecule has 4 aromatic rings. The number of anilines is 1. The molecule has 1 atom stereocenters. The van der Waals surface area contributed by atoms with Crippen molar-refractivity contribution in [1.82, 2.24) is 14.9 Å². The molecule has 5 rings (SSSR count). The van der Waals surface area contributed by atoms with Crippen LogP contribution in [0.3, 0.4) is 0 Å². The van der Waals surface area contributed by atoms with Crippen LogP contribution >= 0.6 is 0 Å². The predicted molar refractivity (Wildman–Crippen MR) is 147 cm³/mol. The maximum Gasteiger partial charge on any atom is 0.254 e. The highest BCUT2D eigenvalue weighted by molar-refractivity contribution is 6.06. The van der Waals surface area contributed by atoms with Gasteiger partial charge in [0.2, 0.25) is 5.71 Å². The molecule has 7 heteroatoms. The first kappa shape index (κ1) is 25.0. The van der Waals surface area contributed by atoms with Gasteiger partial charge in [-0.3, -0.25) is 4.79 Å². The van der Waals surface area contributed by atoms with E-state index in [-0.39, 0.29) is 5.91 Å². The Bertz CT molecular complexity index is 1330. The highest BCUT2D eigenvalue weighted by Crippen LogP contribution is 2.42. The number of fused-ring (bicyclic) bond motifs is 1. The molecule has 2 aromatic heterocycles. The minimum Gasteiger partial charge on any atom is -0.437 e. The topological polar surface area (TPSA) is 80.5 Å². The van der Waals surface area contributed by atoms with Crippen molar-refractivity contribution in [2.24, 2.45) is 5.92 Å². The number of amides is 1. The summed E-state index contributed by atoms with van der Waals surface area (Å²) in [5.41, 5.74) is 4.07. The van der Waals surface area contributed by atoms with Gasteiger partial charge >= 0.3 is 0 Å². The van der Waals surface area contributed by atoms with Gasteiger partial charge in [0.1, 0.15) is 17.9 Å². The van der Waals surface area contributed by atoms with Gasteiger partial charge in [-0.25, -0.2) is 9.97 Å². The molecule has 2 aromatic carbocycles. The van der Waals surface area contributed by atoms with Crippen molar-refractivity contribution in [1.29, 1.82) is 0 Å². The van der Waals surface area contributed by atoms with Crippen LogP contribution in [0.1, 0.15) is 43.5 Å². The van der Waals surface area contributed by atoms with E-state index in [1.54, 1.807) is 6.33 Å². The van der Waals surface area contributed by atoms with Gasteiger partial charge in [0, 0.05) is 36.3 Å². The van der Waals surface area contributed by atoms with Crippen molar-refractivity contribution in [3.8, 4) is 22.5 Å². The third-order valence-electron chi connectivity index (χ3n) is 6.91. The maximum atomic E-state index is 12.9. The molecule has 192 valence electrons. The molecule has 1 fully saturated rings. The lowest BCUT2D eigenvalue weighted by molar-refractivity contribution is 0.0303. The quantitative estimate of drug-likeness (QED) is 0.293. The van der Waals surface area contributed by atoms with Crippen LogP contribution in [-0.4, -0.2) is 53.6 Å². The molecule has 1 saturated heterocycles. The zero-order valence-electron chi connectivity index (χ0n) is 21.6. The molecule has 0 unspecified atom stereocenters. The number of morpholine rings is 1. The number of rotatable bonds is 9. The highest BCUT2D eigenvalue weighted by Gasteiger charge is 2.23.